The van der Waals surface area contributed by atoms with Crippen LogP contribution in [0, 0.1) is 10.1 Å². The maximum atomic E-state index is 12.8. The molecule has 1 amide bonds. The fraction of sp³-hybridized carbons (Fsp3) is 0.222. The Balaban J connectivity index is 1.93. The normalized spacial score (nSPS) is 11.8. The molecule has 0 aromatic heterocycles. The maximum Gasteiger partial charge on any atom is 0.330 e. The fourth-order valence-electron chi connectivity index (χ4n) is 2.12. The molecule has 1 N–H and O–H groups in total. The van der Waals surface area contributed by atoms with E-state index in [2.05, 4.69) is 15.3 Å². The highest BCUT2D eigenvalue weighted by Gasteiger charge is 2.40. The Bertz CT molecular complexity index is 906. The van der Waals surface area contributed by atoms with E-state index in [1.54, 1.807) is 6.07 Å². The second-order valence-corrected chi connectivity index (χ2v) is 5.81. The molecule has 11 heteroatoms. The van der Waals surface area contributed by atoms with Crippen LogP contribution in [0.5, 0.6) is 0 Å². The molecule has 0 spiro atoms. The molecule has 0 aliphatic rings. The predicted octanol–water partition coefficient (Wildman–Crippen LogP) is 3.78. The van der Waals surface area contributed by atoms with Gasteiger partial charge in [-0.05, 0) is 17.7 Å². The van der Waals surface area contributed by atoms with Crippen LogP contribution in [0.3, 0.4) is 0 Å². The number of nitrogens with one attached hydrogen (secondary N) is 1. The van der Waals surface area contributed by atoms with E-state index in [1.165, 1.54) is 48.7 Å². The average Bonchev–Trinajstić information content (AvgIpc) is 2.68. The minimum absolute atomic E-state index is 0.128. The van der Waals surface area contributed by atoms with Crippen molar-refractivity contribution in [1.29, 1.82) is 0 Å². The zero-order chi connectivity index (χ0) is 21.4. The number of hydrogen-bond donors (Lipinski definition) is 1. The van der Waals surface area contributed by atoms with E-state index in [-0.39, 0.29) is 17.9 Å². The predicted molar refractivity (Wildman–Crippen MR) is 95.2 cm³/mol. The SMILES string of the molecule is O=C(NN=Cc1cccc([N+](=O)[O-])c1)c1cccc(COCC(F)(F)C(F)F)c1. The molecular weight excluding hydrogens is 398 g/mol. The lowest BCUT2D eigenvalue weighted by Gasteiger charge is -2.15. The molecular formula is C18H15F4N3O4. The van der Waals surface area contributed by atoms with E-state index in [9.17, 15) is 32.5 Å². The Hall–Kier alpha value is -3.34. The monoisotopic (exact) mass is 413 g/mol. The zero-order valence-electron chi connectivity index (χ0n) is 14.7. The van der Waals surface area contributed by atoms with Gasteiger partial charge in [-0.15, -0.1) is 0 Å². The van der Waals surface area contributed by atoms with Crippen LogP contribution in [0.1, 0.15) is 21.5 Å². The Morgan fingerprint density at radius 2 is 1.97 bits per heavy atom. The highest BCUT2D eigenvalue weighted by Crippen LogP contribution is 2.23. The zero-order valence-corrected chi connectivity index (χ0v) is 14.7. The molecule has 0 atom stereocenters. The van der Waals surface area contributed by atoms with Crippen molar-refractivity contribution in [3.63, 3.8) is 0 Å². The summed E-state index contributed by atoms with van der Waals surface area (Å²) in [5.41, 5.74) is 2.93. The van der Waals surface area contributed by atoms with Gasteiger partial charge in [0.15, 0.2) is 0 Å². The van der Waals surface area contributed by atoms with E-state index in [1.807, 2.05) is 0 Å². The van der Waals surface area contributed by atoms with Gasteiger partial charge in [-0.25, -0.2) is 14.2 Å². The van der Waals surface area contributed by atoms with Crippen molar-refractivity contribution in [3.05, 3.63) is 75.3 Å². The number of nitro groups is 1. The maximum absolute atomic E-state index is 12.8. The molecule has 0 fully saturated rings. The molecule has 0 unspecified atom stereocenters. The van der Waals surface area contributed by atoms with Crippen molar-refractivity contribution in [1.82, 2.24) is 5.43 Å². The molecule has 0 radical (unpaired) electrons. The van der Waals surface area contributed by atoms with Crippen LogP contribution >= 0.6 is 0 Å². The molecule has 0 bridgehead atoms. The van der Waals surface area contributed by atoms with Gasteiger partial charge in [0.25, 0.3) is 11.6 Å². The summed E-state index contributed by atoms with van der Waals surface area (Å²) in [6.45, 7) is -1.84. The Morgan fingerprint density at radius 3 is 2.66 bits per heavy atom. The van der Waals surface area contributed by atoms with Crippen molar-refractivity contribution in [2.24, 2.45) is 5.10 Å². The van der Waals surface area contributed by atoms with Crippen LogP contribution in [0.15, 0.2) is 53.6 Å². The highest BCUT2D eigenvalue weighted by molar-refractivity contribution is 5.95. The van der Waals surface area contributed by atoms with Gasteiger partial charge in [0, 0.05) is 23.3 Å². The van der Waals surface area contributed by atoms with Crippen LogP contribution < -0.4 is 5.43 Å². The average molecular weight is 413 g/mol. The molecule has 29 heavy (non-hydrogen) atoms. The van der Waals surface area contributed by atoms with E-state index in [0.29, 0.717) is 11.1 Å². The van der Waals surface area contributed by atoms with Gasteiger partial charge in [-0.1, -0.05) is 24.3 Å². The van der Waals surface area contributed by atoms with Crippen LogP contribution in [-0.2, 0) is 11.3 Å². The van der Waals surface area contributed by atoms with Crippen molar-refractivity contribution in [2.45, 2.75) is 19.0 Å². The summed E-state index contributed by atoms with van der Waals surface area (Å²) in [4.78, 5) is 22.2. The number of ether oxygens (including phenoxy) is 1. The molecule has 0 heterocycles. The highest BCUT2D eigenvalue weighted by atomic mass is 19.3. The lowest BCUT2D eigenvalue weighted by molar-refractivity contribution is -0.384. The van der Waals surface area contributed by atoms with Gasteiger partial charge < -0.3 is 4.74 Å². The number of amides is 1. The Morgan fingerprint density at radius 1 is 1.24 bits per heavy atom. The minimum atomic E-state index is -4.25. The molecule has 0 aliphatic carbocycles. The molecule has 0 saturated heterocycles. The minimum Gasteiger partial charge on any atom is -0.370 e. The molecule has 2 rings (SSSR count). The smallest absolute Gasteiger partial charge is 0.330 e. The number of hydrazone groups is 1. The first kappa shape index (κ1) is 22.0. The first-order chi connectivity index (χ1) is 13.7. The van der Waals surface area contributed by atoms with E-state index in [0.717, 1.165) is 0 Å². The third-order valence-corrected chi connectivity index (χ3v) is 3.53. The number of halogens is 4. The van der Waals surface area contributed by atoms with Crippen LogP contribution in [0.4, 0.5) is 23.2 Å². The molecule has 2 aromatic carbocycles. The lowest BCUT2D eigenvalue weighted by Crippen LogP contribution is -2.32. The Kier molecular flexibility index (Phi) is 7.37. The second kappa shape index (κ2) is 9.73. The standard InChI is InChI=1S/C18H15F4N3O4/c19-17(20)18(21,22)11-29-10-13-4-1-5-14(7-13)16(26)24-23-9-12-3-2-6-15(8-12)25(27)28/h1-9,17H,10-11H2,(H,24,26). The van der Waals surface area contributed by atoms with Crippen LogP contribution in [0.2, 0.25) is 0 Å². The summed E-state index contributed by atoms with van der Waals surface area (Å²) in [7, 11) is 0. The third-order valence-electron chi connectivity index (χ3n) is 3.53. The number of non-ortho nitro benzene ring substituents is 1. The van der Waals surface area contributed by atoms with Crippen LogP contribution in [-0.4, -0.2) is 36.0 Å². The quantitative estimate of drug-likeness (QED) is 0.293. The van der Waals surface area contributed by atoms with Gasteiger partial charge in [0.2, 0.25) is 0 Å². The van der Waals surface area contributed by atoms with Crippen molar-refractivity contribution in [3.8, 4) is 0 Å². The summed E-state index contributed by atoms with van der Waals surface area (Å²) in [5, 5.41) is 14.4. The van der Waals surface area contributed by atoms with E-state index < -0.39 is 29.8 Å². The topological polar surface area (TPSA) is 93.8 Å². The number of benzene rings is 2. The molecule has 154 valence electrons. The van der Waals surface area contributed by atoms with Crippen molar-refractivity contribution in [2.75, 3.05) is 6.61 Å². The van der Waals surface area contributed by atoms with Gasteiger partial charge >= 0.3 is 12.3 Å². The summed E-state index contributed by atoms with van der Waals surface area (Å²) >= 11 is 0. The number of rotatable bonds is 9. The number of nitro benzene ring substituents is 1. The summed E-state index contributed by atoms with van der Waals surface area (Å²) in [5.74, 6) is -4.89. The van der Waals surface area contributed by atoms with Crippen molar-refractivity contribution >= 4 is 17.8 Å². The molecule has 0 aliphatic heterocycles. The summed E-state index contributed by atoms with van der Waals surface area (Å²) in [6.07, 6.45) is -2.62. The molecule has 7 nitrogen and oxygen atoms in total. The van der Waals surface area contributed by atoms with Crippen LogP contribution in [0.25, 0.3) is 0 Å². The fourth-order valence-corrected chi connectivity index (χ4v) is 2.12. The lowest BCUT2D eigenvalue weighted by atomic mass is 10.1. The first-order valence-electron chi connectivity index (χ1n) is 8.09. The summed E-state index contributed by atoms with van der Waals surface area (Å²) < 4.78 is 54.4. The van der Waals surface area contributed by atoms with E-state index >= 15 is 0 Å². The first-order valence-corrected chi connectivity index (χ1v) is 8.09. The third kappa shape index (κ3) is 6.64. The van der Waals surface area contributed by atoms with Crippen molar-refractivity contribution < 1.29 is 32.0 Å². The van der Waals surface area contributed by atoms with Gasteiger partial charge in [-0.3, -0.25) is 14.9 Å². The second-order valence-electron chi connectivity index (χ2n) is 5.81. The van der Waals surface area contributed by atoms with Gasteiger partial charge in [-0.2, -0.15) is 13.9 Å². The van der Waals surface area contributed by atoms with E-state index in [4.69, 9.17) is 0 Å². The molecule has 0 saturated carbocycles. The van der Waals surface area contributed by atoms with Gasteiger partial charge in [0.05, 0.1) is 17.7 Å². The Labute approximate surface area is 162 Å². The number of carbonyl (C=O) groups excluding carboxylic acids is 1. The largest absolute Gasteiger partial charge is 0.370 e. The number of alkyl halides is 4. The van der Waals surface area contributed by atoms with Gasteiger partial charge in [0.1, 0.15) is 6.61 Å². The number of nitrogens with zero attached hydrogens (tertiary/aromatic N) is 2. The number of carbonyl (C=O) groups is 1. The number of hydrogen-bond acceptors (Lipinski definition) is 5. The molecule has 2 aromatic rings. The summed E-state index contributed by atoms with van der Waals surface area (Å²) in [6, 6.07) is 11.3.